The fraction of sp³-hybridized carbons (Fsp3) is 0.556. The van der Waals surface area contributed by atoms with E-state index in [1.54, 1.807) is 0 Å². The molecule has 1 aromatic rings. The van der Waals surface area contributed by atoms with E-state index in [9.17, 15) is 9.59 Å². The highest BCUT2D eigenvalue weighted by Crippen LogP contribution is 2.18. The Morgan fingerprint density at radius 1 is 1.00 bits per heavy atom. The van der Waals surface area contributed by atoms with Crippen LogP contribution in [0.25, 0.3) is 0 Å². The maximum absolute atomic E-state index is 12.5. The number of nitrogens with zero attached hydrogens (tertiary/aromatic N) is 2. The first-order valence-corrected chi connectivity index (χ1v) is 9.53. The van der Waals surface area contributed by atoms with Gasteiger partial charge in [-0.25, -0.2) is 4.79 Å². The van der Waals surface area contributed by atoms with E-state index in [1.807, 2.05) is 34.1 Å². The predicted octanol–water partition coefficient (Wildman–Crippen LogP) is 3.25. The van der Waals surface area contributed by atoms with E-state index >= 15 is 0 Å². The molecule has 1 aromatic carbocycles. The molecule has 2 fully saturated rings. The first-order valence-electron chi connectivity index (χ1n) is 8.74. The Hall–Kier alpha value is -1.56. The van der Waals surface area contributed by atoms with E-state index in [0.717, 1.165) is 17.3 Å². The fourth-order valence-corrected chi connectivity index (χ4v) is 3.83. The number of carbonyl (C=O) groups is 2. The van der Waals surface area contributed by atoms with Crippen molar-refractivity contribution in [2.24, 2.45) is 0 Å². The first-order chi connectivity index (χ1) is 11.6. The molecule has 6 heteroatoms. The Bertz CT molecular complexity index is 594. The third-order valence-corrected chi connectivity index (χ3v) is 5.35. The Kier molecular flexibility index (Phi) is 5.76. The Morgan fingerprint density at radius 2 is 1.67 bits per heavy atom. The van der Waals surface area contributed by atoms with E-state index in [2.05, 4.69) is 21.2 Å². The van der Waals surface area contributed by atoms with Gasteiger partial charge in [-0.15, -0.1) is 0 Å². The second-order valence-electron chi connectivity index (χ2n) is 6.57. The molecule has 130 valence electrons. The van der Waals surface area contributed by atoms with E-state index in [1.165, 1.54) is 19.3 Å². The molecule has 1 N–H and O–H groups in total. The van der Waals surface area contributed by atoms with Gasteiger partial charge in [-0.05, 0) is 31.0 Å². The van der Waals surface area contributed by atoms with Crippen LogP contribution in [0.5, 0.6) is 0 Å². The SMILES string of the molecule is O=C(NC1CCCCC1)N1CCN(C(=O)c2cccc(Br)c2)CC1. The van der Waals surface area contributed by atoms with Gasteiger partial charge in [-0.1, -0.05) is 41.3 Å². The lowest BCUT2D eigenvalue weighted by atomic mass is 9.96. The third kappa shape index (κ3) is 4.29. The molecule has 1 heterocycles. The number of rotatable bonds is 2. The highest BCUT2D eigenvalue weighted by molar-refractivity contribution is 9.10. The van der Waals surface area contributed by atoms with Crippen LogP contribution >= 0.6 is 15.9 Å². The topological polar surface area (TPSA) is 52.7 Å². The zero-order valence-corrected chi connectivity index (χ0v) is 15.4. The fourth-order valence-electron chi connectivity index (χ4n) is 3.43. The van der Waals surface area contributed by atoms with Crippen molar-refractivity contribution >= 4 is 27.9 Å². The molecule has 0 radical (unpaired) electrons. The summed E-state index contributed by atoms with van der Waals surface area (Å²) in [6.07, 6.45) is 5.88. The zero-order chi connectivity index (χ0) is 16.9. The first kappa shape index (κ1) is 17.3. The summed E-state index contributed by atoms with van der Waals surface area (Å²) in [5.74, 6) is 0.0311. The summed E-state index contributed by atoms with van der Waals surface area (Å²) < 4.78 is 0.902. The van der Waals surface area contributed by atoms with Crippen LogP contribution < -0.4 is 5.32 Å². The number of urea groups is 1. The number of amides is 3. The molecule has 0 unspecified atom stereocenters. The van der Waals surface area contributed by atoms with Gasteiger partial charge in [0.15, 0.2) is 0 Å². The summed E-state index contributed by atoms with van der Waals surface area (Å²) in [4.78, 5) is 28.6. The number of hydrogen-bond acceptors (Lipinski definition) is 2. The summed E-state index contributed by atoms with van der Waals surface area (Å²) in [6, 6.07) is 7.79. The van der Waals surface area contributed by atoms with Crippen LogP contribution in [0, 0.1) is 0 Å². The molecule has 0 spiro atoms. The lowest BCUT2D eigenvalue weighted by molar-refractivity contribution is 0.0662. The maximum Gasteiger partial charge on any atom is 0.317 e. The molecule has 2 aliphatic rings. The minimum Gasteiger partial charge on any atom is -0.335 e. The largest absolute Gasteiger partial charge is 0.335 e. The molecular formula is C18H24BrN3O2. The van der Waals surface area contributed by atoms with Crippen molar-refractivity contribution in [2.45, 2.75) is 38.1 Å². The summed E-state index contributed by atoms with van der Waals surface area (Å²) in [5, 5.41) is 3.15. The summed E-state index contributed by atoms with van der Waals surface area (Å²) in [5.41, 5.74) is 0.685. The van der Waals surface area contributed by atoms with Crippen molar-refractivity contribution in [1.82, 2.24) is 15.1 Å². The third-order valence-electron chi connectivity index (χ3n) is 4.86. The minimum atomic E-state index is 0.0245. The van der Waals surface area contributed by atoms with Crippen molar-refractivity contribution in [2.75, 3.05) is 26.2 Å². The quantitative estimate of drug-likeness (QED) is 0.838. The van der Waals surface area contributed by atoms with Gasteiger partial charge in [-0.3, -0.25) is 4.79 Å². The van der Waals surface area contributed by atoms with Gasteiger partial charge in [0.1, 0.15) is 0 Å². The van der Waals surface area contributed by atoms with Crippen molar-refractivity contribution in [3.05, 3.63) is 34.3 Å². The van der Waals surface area contributed by atoms with Crippen LogP contribution in [-0.4, -0.2) is 54.0 Å². The normalized spacial score (nSPS) is 19.2. The van der Waals surface area contributed by atoms with Gasteiger partial charge in [0.2, 0.25) is 0 Å². The molecular weight excluding hydrogens is 370 g/mol. The predicted molar refractivity (Wildman–Crippen MR) is 97.0 cm³/mol. The lowest BCUT2D eigenvalue weighted by Gasteiger charge is -2.36. The number of carbonyl (C=O) groups excluding carboxylic acids is 2. The number of nitrogens with one attached hydrogen (secondary N) is 1. The van der Waals surface area contributed by atoms with E-state index in [0.29, 0.717) is 37.8 Å². The molecule has 0 aromatic heterocycles. The van der Waals surface area contributed by atoms with Gasteiger partial charge in [-0.2, -0.15) is 0 Å². The van der Waals surface area contributed by atoms with Gasteiger partial charge in [0.05, 0.1) is 0 Å². The van der Waals surface area contributed by atoms with Crippen molar-refractivity contribution in [3.63, 3.8) is 0 Å². The lowest BCUT2D eigenvalue weighted by Crippen LogP contribution is -2.54. The van der Waals surface area contributed by atoms with Crippen LogP contribution in [0.1, 0.15) is 42.5 Å². The summed E-state index contributed by atoms with van der Waals surface area (Å²) >= 11 is 3.40. The van der Waals surface area contributed by atoms with E-state index < -0.39 is 0 Å². The molecule has 3 rings (SSSR count). The van der Waals surface area contributed by atoms with E-state index in [-0.39, 0.29) is 11.9 Å². The van der Waals surface area contributed by atoms with E-state index in [4.69, 9.17) is 0 Å². The average molecular weight is 394 g/mol. The number of hydrogen-bond donors (Lipinski definition) is 1. The minimum absolute atomic E-state index is 0.0245. The molecule has 0 bridgehead atoms. The molecule has 1 aliphatic carbocycles. The van der Waals surface area contributed by atoms with Gasteiger partial charge >= 0.3 is 6.03 Å². The van der Waals surface area contributed by atoms with Crippen LogP contribution in [0.3, 0.4) is 0 Å². The highest BCUT2D eigenvalue weighted by Gasteiger charge is 2.26. The van der Waals surface area contributed by atoms with Crippen molar-refractivity contribution < 1.29 is 9.59 Å². The Labute approximate surface area is 151 Å². The number of halogens is 1. The Balaban J connectivity index is 1.50. The standard InChI is InChI=1S/C18H24BrN3O2/c19-15-6-4-5-14(13-15)17(23)21-9-11-22(12-10-21)18(24)20-16-7-2-1-3-8-16/h4-6,13,16H,1-3,7-12H2,(H,20,24). The maximum atomic E-state index is 12.5. The molecule has 0 atom stereocenters. The van der Waals surface area contributed by atoms with Crippen molar-refractivity contribution in [1.29, 1.82) is 0 Å². The molecule has 3 amide bonds. The molecule has 1 saturated carbocycles. The summed E-state index contributed by atoms with van der Waals surface area (Å²) in [6.45, 7) is 2.36. The molecule has 5 nitrogen and oxygen atoms in total. The smallest absolute Gasteiger partial charge is 0.317 e. The van der Waals surface area contributed by atoms with Gasteiger partial charge in [0, 0.05) is 42.3 Å². The monoisotopic (exact) mass is 393 g/mol. The molecule has 24 heavy (non-hydrogen) atoms. The average Bonchev–Trinajstić information content (AvgIpc) is 2.62. The number of piperazine rings is 1. The van der Waals surface area contributed by atoms with Gasteiger partial charge < -0.3 is 15.1 Å². The summed E-state index contributed by atoms with van der Waals surface area (Å²) in [7, 11) is 0. The van der Waals surface area contributed by atoms with Crippen LogP contribution in [0.15, 0.2) is 28.7 Å². The number of benzene rings is 1. The van der Waals surface area contributed by atoms with Crippen LogP contribution in [0.4, 0.5) is 4.79 Å². The second kappa shape index (κ2) is 8.01. The van der Waals surface area contributed by atoms with Crippen molar-refractivity contribution in [3.8, 4) is 0 Å². The molecule has 1 saturated heterocycles. The zero-order valence-electron chi connectivity index (χ0n) is 13.8. The van der Waals surface area contributed by atoms with Crippen LogP contribution in [-0.2, 0) is 0 Å². The second-order valence-corrected chi connectivity index (χ2v) is 7.49. The molecule has 1 aliphatic heterocycles. The Morgan fingerprint density at radius 3 is 2.33 bits per heavy atom. The highest BCUT2D eigenvalue weighted by atomic mass is 79.9. The van der Waals surface area contributed by atoms with Gasteiger partial charge in [0.25, 0.3) is 5.91 Å². The van der Waals surface area contributed by atoms with Crippen LogP contribution in [0.2, 0.25) is 0 Å².